The van der Waals surface area contributed by atoms with E-state index >= 15 is 0 Å². The zero-order valence-electron chi connectivity index (χ0n) is 26.2. The van der Waals surface area contributed by atoms with Gasteiger partial charge in [-0.05, 0) is 57.1 Å². The van der Waals surface area contributed by atoms with Crippen molar-refractivity contribution in [3.05, 3.63) is 83.4 Å². The number of primary amides is 1. The van der Waals surface area contributed by atoms with Crippen LogP contribution in [0.25, 0.3) is 0 Å². The van der Waals surface area contributed by atoms with E-state index in [1.165, 1.54) is 23.9 Å². The predicted octanol–water partition coefficient (Wildman–Crippen LogP) is 4.98. The van der Waals surface area contributed by atoms with E-state index in [1.807, 2.05) is 61.5 Å². The van der Waals surface area contributed by atoms with E-state index in [9.17, 15) is 24.0 Å². The highest BCUT2D eigenvalue weighted by atomic mass is 32.2. The number of benzene rings is 2. The maximum absolute atomic E-state index is 13.9. The summed E-state index contributed by atoms with van der Waals surface area (Å²) in [6, 6.07) is 15.7. The van der Waals surface area contributed by atoms with E-state index in [-0.39, 0.29) is 48.6 Å². The number of amides is 3. The molecule has 0 spiro atoms. The number of esters is 1. The fraction of sp³-hybridized carbons (Fsp3) is 0.457. The summed E-state index contributed by atoms with van der Waals surface area (Å²) in [5.41, 5.74) is 8.20. The largest absolute Gasteiger partial charge is 0.463 e. The Morgan fingerprint density at radius 1 is 0.956 bits per heavy atom. The van der Waals surface area contributed by atoms with Crippen molar-refractivity contribution < 1.29 is 28.7 Å². The van der Waals surface area contributed by atoms with Crippen molar-refractivity contribution in [1.29, 1.82) is 0 Å². The molecular formula is C35H45N3O6S. The van der Waals surface area contributed by atoms with Crippen LogP contribution in [-0.4, -0.2) is 52.7 Å². The molecule has 1 saturated carbocycles. The Bertz CT molecular complexity index is 1310. The molecule has 1 aliphatic rings. The summed E-state index contributed by atoms with van der Waals surface area (Å²) in [7, 11) is 0. The second-order valence-corrected chi connectivity index (χ2v) is 12.8. The van der Waals surface area contributed by atoms with Crippen molar-refractivity contribution in [2.24, 2.45) is 11.7 Å². The molecule has 3 amide bonds. The van der Waals surface area contributed by atoms with Crippen molar-refractivity contribution in [1.82, 2.24) is 10.6 Å². The summed E-state index contributed by atoms with van der Waals surface area (Å²) in [6.07, 6.45) is 7.48. The van der Waals surface area contributed by atoms with Gasteiger partial charge in [0, 0.05) is 36.1 Å². The Morgan fingerprint density at radius 2 is 1.62 bits per heavy atom. The number of aryl methyl sites for hydroxylation is 1. The molecule has 4 N–H and O–H groups in total. The molecule has 0 heterocycles. The van der Waals surface area contributed by atoms with Crippen LogP contribution in [-0.2, 0) is 36.8 Å². The number of carbonyl (C=O) groups excluding carboxylic acids is 5. The van der Waals surface area contributed by atoms with Gasteiger partial charge in [0.15, 0.2) is 5.78 Å². The van der Waals surface area contributed by atoms with Crippen LogP contribution in [0.5, 0.6) is 0 Å². The SMILES string of the molecule is CCOC(=O)/C=C/[C@H](CCC(N)=O)NC(=O)[C@@H](CC(=O)[C@H](Cc1ccccc1)NC(=O)SC1CCCC1)Cc1ccc(C)cc1. The number of rotatable bonds is 17. The van der Waals surface area contributed by atoms with Crippen LogP contribution in [0.2, 0.25) is 0 Å². The van der Waals surface area contributed by atoms with E-state index in [4.69, 9.17) is 10.5 Å². The third kappa shape index (κ3) is 13.3. The van der Waals surface area contributed by atoms with E-state index < -0.39 is 35.8 Å². The molecule has 2 aromatic rings. The van der Waals surface area contributed by atoms with Crippen LogP contribution < -0.4 is 16.4 Å². The smallest absolute Gasteiger partial charge is 0.330 e. The minimum absolute atomic E-state index is 0.0104. The standard InChI is InChI=1S/C35H45N3O6S/c1-3-44-33(41)20-18-28(17-19-32(36)40)37-34(42)27(21-26-15-13-24(2)14-16-26)23-31(39)30(22-25-9-5-4-6-10-25)38-35(43)45-29-11-7-8-12-29/h4-6,9-10,13-16,18,20,27-30H,3,7-8,11-12,17,19,21-23H2,1-2H3,(H2,36,40)(H,37,42)(H,38,43)/b20-18+/t27-,28+,30+/m1/s1. The number of hydrogen-bond acceptors (Lipinski definition) is 7. The third-order valence-corrected chi connectivity index (χ3v) is 8.88. The first kappa shape index (κ1) is 35.6. The summed E-state index contributed by atoms with van der Waals surface area (Å²) in [4.78, 5) is 64.2. The monoisotopic (exact) mass is 635 g/mol. The van der Waals surface area contributed by atoms with Gasteiger partial charge in [-0.2, -0.15) is 0 Å². The molecule has 3 rings (SSSR count). The first-order chi connectivity index (χ1) is 21.6. The fourth-order valence-corrected chi connectivity index (χ4v) is 6.36. The molecule has 0 unspecified atom stereocenters. The maximum atomic E-state index is 13.9. The Labute approximate surface area is 270 Å². The molecule has 0 aromatic heterocycles. The topological polar surface area (TPSA) is 145 Å². The number of carbonyl (C=O) groups is 5. The van der Waals surface area contributed by atoms with Crippen molar-refractivity contribution >= 4 is 40.6 Å². The second kappa shape index (κ2) is 18.8. The van der Waals surface area contributed by atoms with E-state index in [2.05, 4.69) is 10.6 Å². The van der Waals surface area contributed by atoms with Crippen molar-refractivity contribution in [3.8, 4) is 0 Å². The Hall–Kier alpha value is -3.92. The number of nitrogens with one attached hydrogen (secondary N) is 2. The van der Waals surface area contributed by atoms with Gasteiger partial charge in [-0.15, -0.1) is 0 Å². The number of nitrogens with two attached hydrogens (primary N) is 1. The highest BCUT2D eigenvalue weighted by Crippen LogP contribution is 2.30. The average molecular weight is 636 g/mol. The zero-order chi connectivity index (χ0) is 32.6. The molecular weight excluding hydrogens is 590 g/mol. The van der Waals surface area contributed by atoms with Gasteiger partial charge in [0.2, 0.25) is 11.8 Å². The van der Waals surface area contributed by atoms with E-state index in [1.54, 1.807) is 6.92 Å². The molecule has 45 heavy (non-hydrogen) atoms. The van der Waals surface area contributed by atoms with Gasteiger partial charge in [0.05, 0.1) is 12.6 Å². The summed E-state index contributed by atoms with van der Waals surface area (Å²) < 4.78 is 4.95. The zero-order valence-corrected chi connectivity index (χ0v) is 27.0. The summed E-state index contributed by atoms with van der Waals surface area (Å²) >= 11 is 1.26. The number of hydrogen-bond donors (Lipinski definition) is 3. The Balaban J connectivity index is 1.82. The van der Waals surface area contributed by atoms with Gasteiger partial charge < -0.3 is 21.1 Å². The van der Waals surface area contributed by atoms with E-state index in [0.29, 0.717) is 6.42 Å². The average Bonchev–Trinajstić information content (AvgIpc) is 3.52. The highest BCUT2D eigenvalue weighted by Gasteiger charge is 2.30. The van der Waals surface area contributed by atoms with Crippen molar-refractivity contribution in [2.75, 3.05) is 6.61 Å². The lowest BCUT2D eigenvalue weighted by atomic mass is 9.89. The van der Waals surface area contributed by atoms with Crippen molar-refractivity contribution in [3.63, 3.8) is 0 Å². The maximum Gasteiger partial charge on any atom is 0.330 e. The molecule has 242 valence electrons. The minimum Gasteiger partial charge on any atom is -0.463 e. The summed E-state index contributed by atoms with van der Waals surface area (Å²) in [5.74, 6) is -2.54. The minimum atomic E-state index is -0.809. The molecule has 0 saturated heterocycles. The molecule has 3 atom stereocenters. The second-order valence-electron chi connectivity index (χ2n) is 11.5. The quantitative estimate of drug-likeness (QED) is 0.164. The van der Waals surface area contributed by atoms with Gasteiger partial charge in [-0.25, -0.2) is 4.79 Å². The van der Waals surface area contributed by atoms with Gasteiger partial charge in [-0.1, -0.05) is 90.8 Å². The number of ketones is 1. The molecule has 9 nitrogen and oxygen atoms in total. The van der Waals surface area contributed by atoms with E-state index in [0.717, 1.165) is 42.4 Å². The van der Waals surface area contributed by atoms with Gasteiger partial charge in [0.25, 0.3) is 5.24 Å². The summed E-state index contributed by atoms with van der Waals surface area (Å²) in [5, 5.41) is 5.87. The van der Waals surface area contributed by atoms with Crippen LogP contribution in [0.4, 0.5) is 4.79 Å². The van der Waals surface area contributed by atoms with Gasteiger partial charge >= 0.3 is 5.97 Å². The van der Waals surface area contributed by atoms with Crippen LogP contribution in [0.1, 0.15) is 68.6 Å². The fourth-order valence-electron chi connectivity index (χ4n) is 5.28. The summed E-state index contributed by atoms with van der Waals surface area (Å²) in [6.45, 7) is 3.85. The first-order valence-corrected chi connectivity index (χ1v) is 16.5. The molecule has 2 aromatic carbocycles. The predicted molar refractivity (Wildman–Crippen MR) is 176 cm³/mol. The number of Topliss-reactive ketones (excluding diaryl/α,β-unsaturated/α-hetero) is 1. The lowest BCUT2D eigenvalue weighted by molar-refractivity contribution is -0.137. The number of ether oxygens (including phenoxy) is 1. The molecule has 10 heteroatoms. The van der Waals surface area contributed by atoms with Crippen LogP contribution >= 0.6 is 11.8 Å². The van der Waals surface area contributed by atoms with Crippen LogP contribution in [0.3, 0.4) is 0 Å². The molecule has 1 fully saturated rings. The first-order valence-electron chi connectivity index (χ1n) is 15.7. The molecule has 1 aliphatic carbocycles. The van der Waals surface area contributed by atoms with Crippen molar-refractivity contribution in [2.45, 2.75) is 89.0 Å². The van der Waals surface area contributed by atoms with Crippen LogP contribution in [0.15, 0.2) is 66.7 Å². The number of thioether (sulfide) groups is 1. The molecule has 0 aliphatic heterocycles. The molecule has 0 bridgehead atoms. The van der Waals surface area contributed by atoms with Gasteiger partial charge in [-0.3, -0.25) is 19.2 Å². The lowest BCUT2D eigenvalue weighted by Gasteiger charge is -2.24. The molecule has 0 radical (unpaired) electrons. The third-order valence-electron chi connectivity index (χ3n) is 7.74. The Morgan fingerprint density at radius 3 is 2.27 bits per heavy atom. The van der Waals surface area contributed by atoms with Crippen LogP contribution in [0, 0.1) is 12.8 Å². The lowest BCUT2D eigenvalue weighted by Crippen LogP contribution is -2.45. The Kier molecular flexibility index (Phi) is 14.8. The normalized spacial score (nSPS) is 15.2. The highest BCUT2D eigenvalue weighted by molar-refractivity contribution is 8.14. The van der Waals surface area contributed by atoms with Gasteiger partial charge in [0.1, 0.15) is 0 Å².